The molecule has 0 spiro atoms. The normalized spacial score (nSPS) is 11.9. The summed E-state index contributed by atoms with van der Waals surface area (Å²) in [5.74, 6) is 0. The van der Waals surface area contributed by atoms with E-state index in [2.05, 4.69) is 4.98 Å². The van der Waals surface area contributed by atoms with Crippen molar-refractivity contribution in [2.24, 2.45) is 0 Å². The number of pyridine rings is 1. The molecule has 1 aromatic heterocycles. The van der Waals surface area contributed by atoms with Gasteiger partial charge < -0.3 is 0 Å². The molecule has 0 aromatic carbocycles. The SMILES string of the molecule is O=Cc1ncc(C(F)(F)F)c(C(F)F)c1Cl. The van der Waals surface area contributed by atoms with E-state index in [9.17, 15) is 26.7 Å². The van der Waals surface area contributed by atoms with Crippen LogP contribution in [0.2, 0.25) is 5.02 Å². The van der Waals surface area contributed by atoms with E-state index >= 15 is 0 Å². The van der Waals surface area contributed by atoms with Crippen molar-refractivity contribution in [1.82, 2.24) is 4.98 Å². The molecular formula is C8H3ClF5NO. The number of hydrogen-bond acceptors (Lipinski definition) is 2. The number of alkyl halides is 5. The topological polar surface area (TPSA) is 30.0 Å². The first-order valence-corrected chi connectivity index (χ1v) is 4.15. The van der Waals surface area contributed by atoms with Gasteiger partial charge in [0.2, 0.25) is 0 Å². The first-order valence-electron chi connectivity index (χ1n) is 3.78. The van der Waals surface area contributed by atoms with Gasteiger partial charge in [0.1, 0.15) is 5.69 Å². The Kier molecular flexibility index (Phi) is 3.47. The van der Waals surface area contributed by atoms with Gasteiger partial charge in [-0.3, -0.25) is 9.78 Å². The van der Waals surface area contributed by atoms with Crippen molar-refractivity contribution >= 4 is 17.9 Å². The maximum Gasteiger partial charge on any atom is 0.418 e. The monoisotopic (exact) mass is 259 g/mol. The number of rotatable bonds is 2. The Morgan fingerprint density at radius 3 is 2.31 bits per heavy atom. The summed E-state index contributed by atoms with van der Waals surface area (Å²) in [7, 11) is 0. The van der Waals surface area contributed by atoms with E-state index in [4.69, 9.17) is 11.6 Å². The first-order chi connectivity index (χ1) is 7.29. The van der Waals surface area contributed by atoms with Crippen molar-refractivity contribution in [2.45, 2.75) is 12.6 Å². The van der Waals surface area contributed by atoms with Crippen LogP contribution in [0.3, 0.4) is 0 Å². The van der Waals surface area contributed by atoms with Gasteiger partial charge in [-0.2, -0.15) is 13.2 Å². The second kappa shape index (κ2) is 4.32. The number of hydrogen-bond donors (Lipinski definition) is 0. The molecule has 0 N–H and O–H groups in total. The van der Waals surface area contributed by atoms with Gasteiger partial charge in [-0.25, -0.2) is 8.78 Å². The lowest BCUT2D eigenvalue weighted by atomic mass is 10.1. The number of carbonyl (C=O) groups excluding carboxylic acids is 1. The highest BCUT2D eigenvalue weighted by atomic mass is 35.5. The average molecular weight is 260 g/mol. The summed E-state index contributed by atoms with van der Waals surface area (Å²) in [6.07, 6.45) is -8.26. The fourth-order valence-corrected chi connectivity index (χ4v) is 1.32. The van der Waals surface area contributed by atoms with Crippen LogP contribution in [-0.2, 0) is 6.18 Å². The number of nitrogens with zero attached hydrogens (tertiary/aromatic N) is 1. The van der Waals surface area contributed by atoms with E-state index in [1.54, 1.807) is 0 Å². The molecule has 1 aromatic rings. The average Bonchev–Trinajstić information content (AvgIpc) is 2.15. The summed E-state index contributed by atoms with van der Waals surface area (Å²) in [6.45, 7) is 0. The van der Waals surface area contributed by atoms with Crippen molar-refractivity contribution in [1.29, 1.82) is 0 Å². The molecule has 0 radical (unpaired) electrons. The van der Waals surface area contributed by atoms with E-state index in [0.29, 0.717) is 0 Å². The molecule has 0 aliphatic carbocycles. The molecule has 0 saturated heterocycles. The summed E-state index contributed by atoms with van der Waals surface area (Å²) in [5.41, 5.74) is -3.71. The molecule has 88 valence electrons. The highest BCUT2D eigenvalue weighted by Crippen LogP contribution is 2.39. The summed E-state index contributed by atoms with van der Waals surface area (Å²) >= 11 is 5.24. The van der Waals surface area contributed by atoms with Crippen LogP contribution in [-0.4, -0.2) is 11.3 Å². The standard InChI is InChI=1S/C8H3ClF5NO/c9-6-4(2-16)15-1-3(8(12,13)14)5(6)7(10)11/h1-2,7H. The van der Waals surface area contributed by atoms with Crippen LogP contribution in [0.15, 0.2) is 6.20 Å². The third-order valence-corrected chi connectivity index (χ3v) is 2.12. The molecule has 0 fully saturated rings. The first kappa shape index (κ1) is 12.8. The van der Waals surface area contributed by atoms with E-state index < -0.39 is 34.4 Å². The van der Waals surface area contributed by atoms with Gasteiger partial charge in [-0.1, -0.05) is 11.6 Å². The van der Waals surface area contributed by atoms with Gasteiger partial charge >= 0.3 is 6.18 Å². The van der Waals surface area contributed by atoms with E-state index in [0.717, 1.165) is 0 Å². The van der Waals surface area contributed by atoms with E-state index in [1.807, 2.05) is 0 Å². The Balaban J connectivity index is 3.53. The van der Waals surface area contributed by atoms with Crippen LogP contribution < -0.4 is 0 Å². The second-order valence-electron chi connectivity index (χ2n) is 2.70. The fourth-order valence-electron chi connectivity index (χ4n) is 1.04. The van der Waals surface area contributed by atoms with Crippen molar-refractivity contribution in [3.63, 3.8) is 0 Å². The van der Waals surface area contributed by atoms with Gasteiger partial charge in [0.05, 0.1) is 16.1 Å². The van der Waals surface area contributed by atoms with Crippen LogP contribution in [0.5, 0.6) is 0 Å². The lowest BCUT2D eigenvalue weighted by Gasteiger charge is -2.13. The van der Waals surface area contributed by atoms with Crippen molar-refractivity contribution in [2.75, 3.05) is 0 Å². The van der Waals surface area contributed by atoms with Crippen LogP contribution in [0.25, 0.3) is 0 Å². The molecule has 0 amide bonds. The largest absolute Gasteiger partial charge is 0.418 e. The molecule has 2 nitrogen and oxygen atoms in total. The molecule has 1 rings (SSSR count). The number of carbonyl (C=O) groups is 1. The Morgan fingerprint density at radius 2 is 1.94 bits per heavy atom. The predicted octanol–water partition coefficient (Wildman–Crippen LogP) is 3.50. The molecule has 0 bridgehead atoms. The van der Waals surface area contributed by atoms with Gasteiger partial charge in [0, 0.05) is 6.20 Å². The number of aromatic nitrogens is 1. The van der Waals surface area contributed by atoms with E-state index in [1.165, 1.54) is 0 Å². The molecule has 0 aliphatic rings. The number of aldehydes is 1. The maximum atomic E-state index is 12.4. The van der Waals surface area contributed by atoms with Crippen LogP contribution in [0.1, 0.15) is 28.0 Å². The predicted molar refractivity (Wildman–Crippen MR) is 44.6 cm³/mol. The fraction of sp³-hybridized carbons (Fsp3) is 0.250. The zero-order chi connectivity index (χ0) is 12.5. The van der Waals surface area contributed by atoms with Crippen molar-refractivity contribution in [3.8, 4) is 0 Å². The lowest BCUT2D eigenvalue weighted by molar-refractivity contribution is -0.139. The maximum absolute atomic E-state index is 12.4. The molecular weight excluding hydrogens is 257 g/mol. The molecule has 8 heteroatoms. The molecule has 0 saturated carbocycles. The Bertz CT molecular complexity index is 418. The Hall–Kier alpha value is -1.24. The van der Waals surface area contributed by atoms with Crippen molar-refractivity contribution in [3.05, 3.63) is 28.0 Å². The zero-order valence-corrected chi connectivity index (χ0v) is 8.11. The zero-order valence-electron chi connectivity index (χ0n) is 7.36. The van der Waals surface area contributed by atoms with Crippen LogP contribution >= 0.6 is 11.6 Å². The summed E-state index contributed by atoms with van der Waals surface area (Å²) in [6, 6.07) is 0. The molecule has 0 atom stereocenters. The minimum atomic E-state index is -5.00. The smallest absolute Gasteiger partial charge is 0.296 e. The van der Waals surface area contributed by atoms with Crippen molar-refractivity contribution < 1.29 is 26.7 Å². The molecule has 1 heterocycles. The van der Waals surface area contributed by atoms with Gasteiger partial charge in [-0.05, 0) is 0 Å². The number of halogens is 6. The Labute approximate surface area is 91.0 Å². The van der Waals surface area contributed by atoms with Gasteiger partial charge in [-0.15, -0.1) is 0 Å². The summed E-state index contributed by atoms with van der Waals surface area (Å²) in [4.78, 5) is 13.3. The molecule has 0 unspecified atom stereocenters. The van der Waals surface area contributed by atoms with Crippen LogP contribution in [0.4, 0.5) is 22.0 Å². The van der Waals surface area contributed by atoms with Gasteiger partial charge in [0.15, 0.2) is 6.29 Å². The van der Waals surface area contributed by atoms with E-state index in [-0.39, 0.29) is 12.5 Å². The Morgan fingerprint density at radius 1 is 1.38 bits per heavy atom. The summed E-state index contributed by atoms with van der Waals surface area (Å²) < 4.78 is 61.7. The van der Waals surface area contributed by atoms with Crippen LogP contribution in [0, 0.1) is 0 Å². The quantitative estimate of drug-likeness (QED) is 0.601. The second-order valence-corrected chi connectivity index (χ2v) is 3.08. The minimum absolute atomic E-state index is 0.00830. The molecule has 0 aliphatic heterocycles. The minimum Gasteiger partial charge on any atom is -0.296 e. The highest BCUT2D eigenvalue weighted by Gasteiger charge is 2.38. The third kappa shape index (κ3) is 2.29. The molecule has 16 heavy (non-hydrogen) atoms. The summed E-state index contributed by atoms with van der Waals surface area (Å²) in [5, 5.41) is -0.972. The van der Waals surface area contributed by atoms with Gasteiger partial charge in [0.25, 0.3) is 6.43 Å². The lowest BCUT2D eigenvalue weighted by Crippen LogP contribution is -2.12. The highest BCUT2D eigenvalue weighted by molar-refractivity contribution is 6.33. The third-order valence-electron chi connectivity index (χ3n) is 1.72.